The Morgan fingerprint density at radius 1 is 1.22 bits per heavy atom. The van der Waals surface area contributed by atoms with E-state index in [1.807, 2.05) is 24.3 Å². The lowest BCUT2D eigenvalue weighted by Crippen LogP contribution is -2.74. The number of likely N-dealkylation sites (tertiary alicyclic amines) is 1. The molecule has 2 aromatic carbocycles. The fourth-order valence-corrected chi connectivity index (χ4v) is 4.57. The maximum atomic E-state index is 13.1. The zero-order valence-corrected chi connectivity index (χ0v) is 19.9. The minimum atomic E-state index is -1.62. The first kappa shape index (κ1) is 25.1. The Kier molecular flexibility index (Phi) is 7.47. The van der Waals surface area contributed by atoms with E-state index >= 15 is 0 Å². The van der Waals surface area contributed by atoms with Crippen LogP contribution in [0.3, 0.4) is 0 Å². The maximum absolute atomic E-state index is 13.1. The maximum Gasteiger partial charge on any atom is 0.339 e. The molecule has 1 aliphatic rings. The van der Waals surface area contributed by atoms with Gasteiger partial charge in [-0.25, -0.2) is 9.78 Å². The van der Waals surface area contributed by atoms with E-state index in [1.165, 1.54) is 0 Å². The molecule has 0 bridgehead atoms. The number of rotatable bonds is 11. The van der Waals surface area contributed by atoms with Gasteiger partial charge in [-0.3, -0.25) is 15.0 Å². The first-order chi connectivity index (χ1) is 17.4. The number of carbonyl (C=O) groups excluding carboxylic acids is 2. The fraction of sp³-hybridized carbons (Fsp3) is 0.308. The molecule has 0 radical (unpaired) electrons. The van der Waals surface area contributed by atoms with Crippen molar-refractivity contribution in [2.24, 2.45) is 0 Å². The molecule has 0 aliphatic carbocycles. The number of nitrogen functional groups attached to an aromatic ring is 1. The van der Waals surface area contributed by atoms with Gasteiger partial charge in [0.2, 0.25) is 5.91 Å². The van der Waals surface area contributed by atoms with Gasteiger partial charge >= 0.3 is 5.97 Å². The van der Waals surface area contributed by atoms with Crippen molar-refractivity contribution in [3.63, 3.8) is 0 Å². The Balaban J connectivity index is 1.51. The highest BCUT2D eigenvalue weighted by molar-refractivity contribution is 5.91. The summed E-state index contributed by atoms with van der Waals surface area (Å²) in [4.78, 5) is 42.6. The zero-order chi connectivity index (χ0) is 25.7. The molecule has 10 nitrogen and oxygen atoms in total. The zero-order valence-electron chi connectivity index (χ0n) is 19.9. The highest BCUT2D eigenvalue weighted by atomic mass is 16.5. The van der Waals surface area contributed by atoms with Gasteiger partial charge in [0, 0.05) is 31.1 Å². The molecule has 1 unspecified atom stereocenters. The summed E-state index contributed by atoms with van der Waals surface area (Å²) < 4.78 is 5.18. The Morgan fingerprint density at radius 3 is 2.61 bits per heavy atom. The number of amides is 1. The molecule has 1 saturated heterocycles. The Bertz CT molecular complexity index is 1270. The van der Waals surface area contributed by atoms with Crippen molar-refractivity contribution in [3.8, 4) is 5.75 Å². The number of aliphatic carboxylic acids is 1. The Morgan fingerprint density at radius 2 is 1.97 bits per heavy atom. The van der Waals surface area contributed by atoms with E-state index < -0.39 is 17.7 Å². The molecule has 0 saturated carbocycles. The van der Waals surface area contributed by atoms with E-state index in [-0.39, 0.29) is 25.4 Å². The van der Waals surface area contributed by atoms with E-state index in [2.05, 4.69) is 15.6 Å². The monoisotopic (exact) mass is 491 g/mol. The van der Waals surface area contributed by atoms with Crippen molar-refractivity contribution >= 4 is 34.8 Å². The second-order valence-corrected chi connectivity index (χ2v) is 8.71. The largest absolute Gasteiger partial charge is 0.497 e. The third kappa shape index (κ3) is 5.00. The van der Waals surface area contributed by atoms with Crippen molar-refractivity contribution in [2.45, 2.75) is 31.1 Å². The van der Waals surface area contributed by atoms with Crippen LogP contribution in [0.15, 0.2) is 54.7 Å². The van der Waals surface area contributed by atoms with Crippen molar-refractivity contribution < 1.29 is 24.2 Å². The van der Waals surface area contributed by atoms with Crippen LogP contribution < -0.4 is 21.1 Å². The minimum absolute atomic E-state index is 0.0596. The van der Waals surface area contributed by atoms with E-state index in [9.17, 15) is 19.5 Å². The van der Waals surface area contributed by atoms with E-state index in [0.717, 1.165) is 21.9 Å². The predicted octanol–water partition coefficient (Wildman–Crippen LogP) is 1.33. The number of nitrogens with one attached hydrogen (secondary N) is 2. The number of anilines is 1. The topological polar surface area (TPSA) is 147 Å². The molecule has 188 valence electrons. The van der Waals surface area contributed by atoms with Crippen LogP contribution in [0.4, 0.5) is 5.82 Å². The molecule has 36 heavy (non-hydrogen) atoms. The number of hydrogen-bond donors (Lipinski definition) is 4. The van der Waals surface area contributed by atoms with E-state index in [0.29, 0.717) is 30.8 Å². The molecule has 5 N–H and O–H groups in total. The number of ether oxygens (including phenoxy) is 1. The normalized spacial score (nSPS) is 17.1. The molecule has 3 aromatic rings. The van der Waals surface area contributed by atoms with Crippen LogP contribution >= 0.6 is 0 Å². The molecule has 1 amide bonds. The molecular formula is C26H29N5O5. The number of fused-ring (bicyclic) bond motifs is 1. The second-order valence-electron chi connectivity index (χ2n) is 8.71. The van der Waals surface area contributed by atoms with Gasteiger partial charge in [-0.1, -0.05) is 24.3 Å². The molecule has 2 heterocycles. The van der Waals surface area contributed by atoms with Crippen LogP contribution in [0.2, 0.25) is 0 Å². The molecule has 0 spiro atoms. The van der Waals surface area contributed by atoms with Crippen molar-refractivity contribution in [2.75, 3.05) is 25.9 Å². The molecule has 4 rings (SSSR count). The number of benzene rings is 2. The number of carboxylic acids is 1. The van der Waals surface area contributed by atoms with Gasteiger partial charge in [-0.2, -0.15) is 0 Å². The van der Waals surface area contributed by atoms with Crippen LogP contribution in [0.1, 0.15) is 17.5 Å². The van der Waals surface area contributed by atoms with Crippen molar-refractivity contribution in [3.05, 3.63) is 65.9 Å². The number of aromatic nitrogens is 1. The van der Waals surface area contributed by atoms with Gasteiger partial charge < -0.3 is 25.7 Å². The number of carboxylic acid groups (broad SMARTS) is 1. The summed E-state index contributed by atoms with van der Waals surface area (Å²) in [6, 6.07) is 13.9. The number of methoxy groups -OCH3 is 1. The second kappa shape index (κ2) is 10.7. The molecule has 1 aliphatic heterocycles. The smallest absolute Gasteiger partial charge is 0.339 e. The van der Waals surface area contributed by atoms with Crippen LogP contribution in [-0.4, -0.2) is 65.1 Å². The lowest BCUT2D eigenvalue weighted by molar-refractivity contribution is -0.166. The third-order valence-corrected chi connectivity index (χ3v) is 6.59. The van der Waals surface area contributed by atoms with Gasteiger partial charge in [0.1, 0.15) is 17.9 Å². The van der Waals surface area contributed by atoms with E-state index in [4.69, 9.17) is 10.5 Å². The van der Waals surface area contributed by atoms with Gasteiger partial charge in [-0.05, 0) is 47.2 Å². The summed E-state index contributed by atoms with van der Waals surface area (Å²) in [6.45, 7) is 0.513. The molecule has 1 aromatic heterocycles. The highest BCUT2D eigenvalue weighted by Crippen LogP contribution is 2.31. The first-order valence-corrected chi connectivity index (χ1v) is 11.6. The highest BCUT2D eigenvalue weighted by Gasteiger charge is 2.52. The van der Waals surface area contributed by atoms with E-state index in [1.54, 1.807) is 42.5 Å². The van der Waals surface area contributed by atoms with Gasteiger partial charge in [0.15, 0.2) is 5.66 Å². The van der Waals surface area contributed by atoms with Gasteiger partial charge in [-0.15, -0.1) is 0 Å². The summed E-state index contributed by atoms with van der Waals surface area (Å²) in [7, 11) is 1.55. The quantitative estimate of drug-likeness (QED) is 0.292. The predicted molar refractivity (Wildman–Crippen MR) is 134 cm³/mol. The van der Waals surface area contributed by atoms with Gasteiger partial charge in [0.05, 0.1) is 19.7 Å². The number of nitrogens with zero attached hydrogens (tertiary/aromatic N) is 2. The fourth-order valence-electron chi connectivity index (χ4n) is 4.57. The summed E-state index contributed by atoms with van der Waals surface area (Å²) in [6.07, 6.45) is 2.81. The molecule has 1 fully saturated rings. The first-order valence-electron chi connectivity index (χ1n) is 11.6. The summed E-state index contributed by atoms with van der Waals surface area (Å²) in [5.74, 6) is -0.338. The van der Waals surface area contributed by atoms with Crippen molar-refractivity contribution in [1.82, 2.24) is 20.5 Å². The number of carbonyl (C=O) groups is 3. The average molecular weight is 492 g/mol. The standard InChI is InChI=1S/C26H29N5O5/c1-36-20-5-2-17(3-6-20)15-26(25(34)35,30-11-13-32)31-12-9-22(31)24(33)29-16-18-4-7-21-19(14-18)8-10-28-23(21)27/h2-8,10,13-14,22,30H,9,11-12,15-16H2,1H3,(H2,27,28)(H,29,33)(H,34,35)/t22-,26?/m0/s1. The SMILES string of the molecule is COc1ccc(CC(NCC=O)(C(=O)O)N2CC[C@H]2C(=O)NCc2ccc3c(N)nccc3c2)cc1. The number of hydrogen-bond acceptors (Lipinski definition) is 8. The van der Waals surface area contributed by atoms with Crippen LogP contribution in [0, 0.1) is 0 Å². The number of aldehydes is 1. The lowest BCUT2D eigenvalue weighted by Gasteiger charge is -2.50. The van der Waals surface area contributed by atoms with Crippen molar-refractivity contribution in [1.29, 1.82) is 0 Å². The molecule has 10 heteroatoms. The number of nitrogens with two attached hydrogens (primary N) is 1. The third-order valence-electron chi connectivity index (χ3n) is 6.59. The van der Waals surface area contributed by atoms with Gasteiger partial charge in [0.25, 0.3) is 0 Å². The van der Waals surface area contributed by atoms with Crippen LogP contribution in [-0.2, 0) is 27.3 Å². The van der Waals surface area contributed by atoms with Crippen LogP contribution in [0.5, 0.6) is 5.75 Å². The van der Waals surface area contributed by atoms with Crippen LogP contribution in [0.25, 0.3) is 10.8 Å². The number of pyridine rings is 1. The molecule has 2 atom stereocenters. The summed E-state index contributed by atoms with van der Waals surface area (Å²) in [5.41, 5.74) is 5.90. The summed E-state index contributed by atoms with van der Waals surface area (Å²) in [5, 5.41) is 17.8. The average Bonchev–Trinajstić information content (AvgIpc) is 2.85. The lowest BCUT2D eigenvalue weighted by atomic mass is 9.89. The Labute approximate surface area is 208 Å². The Hall–Kier alpha value is -4.02. The minimum Gasteiger partial charge on any atom is -0.497 e. The molecular weight excluding hydrogens is 462 g/mol. The summed E-state index contributed by atoms with van der Waals surface area (Å²) >= 11 is 0.